The van der Waals surface area contributed by atoms with Crippen molar-refractivity contribution in [1.82, 2.24) is 4.90 Å². The molecule has 2 aromatic carbocycles. The molecule has 0 aliphatic heterocycles. The molecule has 1 atom stereocenters. The van der Waals surface area contributed by atoms with Crippen molar-refractivity contribution in [2.24, 2.45) is 0 Å². The minimum Gasteiger partial charge on any atom is -0.494 e. The van der Waals surface area contributed by atoms with Gasteiger partial charge >= 0.3 is 6.18 Å². The van der Waals surface area contributed by atoms with Gasteiger partial charge in [0.1, 0.15) is 5.75 Å². The van der Waals surface area contributed by atoms with Crippen LogP contribution in [-0.2, 0) is 20.8 Å². The number of anilines is 1. The molecule has 0 heterocycles. The van der Waals surface area contributed by atoms with Gasteiger partial charge in [-0.2, -0.15) is 13.2 Å². The number of hydrogen-bond acceptors (Lipinski definition) is 5. The van der Waals surface area contributed by atoms with E-state index in [1.165, 1.54) is 18.2 Å². The number of nitrogens with zero attached hydrogens (tertiary/aromatic N) is 1. The van der Waals surface area contributed by atoms with Gasteiger partial charge in [-0.3, -0.25) is 9.69 Å². The van der Waals surface area contributed by atoms with Crippen LogP contribution in [0.5, 0.6) is 5.75 Å². The number of ether oxygens (including phenoxy) is 1. The lowest BCUT2D eigenvalue weighted by Crippen LogP contribution is -2.40. The molecule has 0 spiro atoms. The Balaban J connectivity index is 1.86. The summed E-state index contributed by atoms with van der Waals surface area (Å²) in [5.41, 5.74) is -1.02. The van der Waals surface area contributed by atoms with Gasteiger partial charge in [0.2, 0.25) is 5.91 Å². The van der Waals surface area contributed by atoms with Crippen LogP contribution in [0, 0.1) is 0 Å². The maximum atomic E-state index is 13.0. The molecule has 1 N–H and O–H groups in total. The Bertz CT molecular complexity index is 1060. The first-order chi connectivity index (χ1) is 14.8. The summed E-state index contributed by atoms with van der Waals surface area (Å²) in [5.74, 6) is -0.0469. The second kappa shape index (κ2) is 10.5. The Labute approximate surface area is 190 Å². The predicted octanol–water partition coefficient (Wildman–Crippen LogP) is 4.49. The van der Waals surface area contributed by atoms with E-state index in [1.807, 2.05) is 0 Å². The van der Waals surface area contributed by atoms with Crippen molar-refractivity contribution >= 4 is 33.0 Å². The molecule has 0 saturated heterocycles. The number of alkyl halides is 3. The molecule has 11 heteroatoms. The molecule has 0 aromatic heterocycles. The van der Waals surface area contributed by atoms with Crippen LogP contribution in [0.15, 0.2) is 47.4 Å². The van der Waals surface area contributed by atoms with E-state index in [2.05, 4.69) is 5.32 Å². The zero-order chi connectivity index (χ0) is 24.1. The Morgan fingerprint density at radius 1 is 1.22 bits per heavy atom. The van der Waals surface area contributed by atoms with Crippen LogP contribution in [0.4, 0.5) is 18.9 Å². The first-order valence-electron chi connectivity index (χ1n) is 9.60. The van der Waals surface area contributed by atoms with Gasteiger partial charge in [-0.1, -0.05) is 17.7 Å². The molecule has 0 radical (unpaired) electrons. The van der Waals surface area contributed by atoms with Gasteiger partial charge in [-0.15, -0.1) is 0 Å². The number of sulfone groups is 1. The van der Waals surface area contributed by atoms with E-state index in [0.717, 1.165) is 18.4 Å². The van der Waals surface area contributed by atoms with E-state index in [9.17, 15) is 26.4 Å². The molecule has 1 amide bonds. The van der Waals surface area contributed by atoms with Gasteiger partial charge in [0.15, 0.2) is 9.84 Å². The molecule has 32 heavy (non-hydrogen) atoms. The number of halogens is 4. The van der Waals surface area contributed by atoms with E-state index in [0.29, 0.717) is 18.7 Å². The summed E-state index contributed by atoms with van der Waals surface area (Å²) in [6.45, 7) is 2.39. The molecule has 176 valence electrons. The summed E-state index contributed by atoms with van der Waals surface area (Å²) in [7, 11) is -1.63. The SMILES string of the molecule is CC(C(=O)Nc1ccc(Cl)c(C(F)(F)F)c1)N(C)CCCOc1cccc(S(C)(=O)=O)c1. The van der Waals surface area contributed by atoms with Gasteiger partial charge in [0.05, 0.1) is 28.1 Å². The minimum absolute atomic E-state index is 0.000988. The lowest BCUT2D eigenvalue weighted by molar-refractivity contribution is -0.137. The van der Waals surface area contributed by atoms with Crippen molar-refractivity contribution in [2.45, 2.75) is 30.5 Å². The average molecular weight is 493 g/mol. The van der Waals surface area contributed by atoms with Crippen LogP contribution in [-0.4, -0.2) is 51.7 Å². The highest BCUT2D eigenvalue weighted by molar-refractivity contribution is 7.90. The number of likely N-dealkylation sites (N-methyl/N-ethyl adjacent to an activating group) is 1. The van der Waals surface area contributed by atoms with Crippen LogP contribution in [0.2, 0.25) is 5.02 Å². The Morgan fingerprint density at radius 2 is 1.91 bits per heavy atom. The summed E-state index contributed by atoms with van der Waals surface area (Å²) < 4.78 is 67.7. The first kappa shape index (κ1) is 26.0. The first-order valence-corrected chi connectivity index (χ1v) is 11.9. The number of nitrogens with one attached hydrogen (secondary N) is 1. The smallest absolute Gasteiger partial charge is 0.417 e. The molecule has 1 unspecified atom stereocenters. The molecule has 0 saturated carbocycles. The number of amides is 1. The van der Waals surface area contributed by atoms with Crippen LogP contribution in [0.1, 0.15) is 18.9 Å². The van der Waals surface area contributed by atoms with Crippen molar-refractivity contribution in [2.75, 3.05) is 31.8 Å². The monoisotopic (exact) mass is 492 g/mol. The van der Waals surface area contributed by atoms with Gasteiger partial charge in [0.25, 0.3) is 0 Å². The maximum Gasteiger partial charge on any atom is 0.417 e. The number of carbonyl (C=O) groups excluding carboxylic acids is 1. The third-order valence-corrected chi connectivity index (χ3v) is 6.18. The zero-order valence-electron chi connectivity index (χ0n) is 17.7. The van der Waals surface area contributed by atoms with Crippen LogP contribution >= 0.6 is 11.6 Å². The van der Waals surface area contributed by atoms with Crippen LogP contribution in [0.25, 0.3) is 0 Å². The topological polar surface area (TPSA) is 75.7 Å². The average Bonchev–Trinajstić information content (AvgIpc) is 2.70. The number of benzene rings is 2. The molecule has 0 aliphatic carbocycles. The van der Waals surface area contributed by atoms with E-state index >= 15 is 0 Å². The largest absolute Gasteiger partial charge is 0.494 e. The Morgan fingerprint density at radius 3 is 2.53 bits per heavy atom. The molecule has 2 aromatic rings. The third kappa shape index (κ3) is 7.39. The van der Waals surface area contributed by atoms with Gasteiger partial charge < -0.3 is 10.1 Å². The quantitative estimate of drug-likeness (QED) is 0.522. The lowest BCUT2D eigenvalue weighted by Gasteiger charge is -2.24. The number of carbonyl (C=O) groups is 1. The minimum atomic E-state index is -4.62. The summed E-state index contributed by atoms with van der Waals surface area (Å²) in [6, 6.07) is 8.73. The van der Waals surface area contributed by atoms with Crippen molar-refractivity contribution in [3.8, 4) is 5.75 Å². The number of hydrogen-bond donors (Lipinski definition) is 1. The van der Waals surface area contributed by atoms with Gasteiger partial charge in [-0.05, 0) is 56.8 Å². The number of rotatable bonds is 9. The Hall–Kier alpha value is -2.30. The maximum absolute atomic E-state index is 13.0. The summed E-state index contributed by atoms with van der Waals surface area (Å²) >= 11 is 5.59. The highest BCUT2D eigenvalue weighted by Crippen LogP contribution is 2.36. The lowest BCUT2D eigenvalue weighted by atomic mass is 10.1. The fourth-order valence-electron chi connectivity index (χ4n) is 2.76. The molecule has 2 rings (SSSR count). The molecule has 0 fully saturated rings. The van der Waals surface area contributed by atoms with E-state index in [-0.39, 0.29) is 17.2 Å². The highest BCUT2D eigenvalue weighted by Gasteiger charge is 2.33. The van der Waals surface area contributed by atoms with E-state index in [1.54, 1.807) is 31.0 Å². The highest BCUT2D eigenvalue weighted by atomic mass is 35.5. The van der Waals surface area contributed by atoms with Crippen LogP contribution in [0.3, 0.4) is 0 Å². The summed E-state index contributed by atoms with van der Waals surface area (Å²) in [6.07, 6.45) is -2.97. The standard InChI is InChI=1S/C21H24ClF3N2O4S/c1-14(20(28)26-15-8-9-19(22)18(12-15)21(23,24)25)27(2)10-5-11-31-16-6-4-7-17(13-16)32(3,29)30/h4,6-9,12-14H,5,10-11H2,1-3H3,(H,26,28). The van der Waals surface area contributed by atoms with Crippen molar-refractivity contribution in [3.63, 3.8) is 0 Å². The zero-order valence-corrected chi connectivity index (χ0v) is 19.3. The predicted molar refractivity (Wildman–Crippen MR) is 117 cm³/mol. The second-order valence-corrected chi connectivity index (χ2v) is 9.71. The summed E-state index contributed by atoms with van der Waals surface area (Å²) in [5, 5.41) is 2.03. The van der Waals surface area contributed by atoms with Crippen LogP contribution < -0.4 is 10.1 Å². The van der Waals surface area contributed by atoms with E-state index < -0.39 is 38.5 Å². The molecule has 0 bridgehead atoms. The molecule has 6 nitrogen and oxygen atoms in total. The normalized spacial score (nSPS) is 13.1. The Kier molecular flexibility index (Phi) is 8.55. The second-order valence-electron chi connectivity index (χ2n) is 7.29. The van der Waals surface area contributed by atoms with Gasteiger partial charge in [0, 0.05) is 18.5 Å². The van der Waals surface area contributed by atoms with E-state index in [4.69, 9.17) is 16.3 Å². The molecule has 0 aliphatic rings. The fourth-order valence-corrected chi connectivity index (χ4v) is 3.64. The van der Waals surface area contributed by atoms with Gasteiger partial charge in [-0.25, -0.2) is 8.42 Å². The molecular formula is C21H24ClF3N2O4S. The van der Waals surface area contributed by atoms with Crippen molar-refractivity contribution < 1.29 is 31.1 Å². The third-order valence-electron chi connectivity index (χ3n) is 4.74. The summed E-state index contributed by atoms with van der Waals surface area (Å²) in [4.78, 5) is 14.3. The molecular weight excluding hydrogens is 469 g/mol. The van der Waals surface area contributed by atoms with Crippen molar-refractivity contribution in [3.05, 3.63) is 53.1 Å². The fraction of sp³-hybridized carbons (Fsp3) is 0.381. The van der Waals surface area contributed by atoms with Crippen molar-refractivity contribution in [1.29, 1.82) is 0 Å².